The largest absolute Gasteiger partial charge is 0.330 e. The summed E-state index contributed by atoms with van der Waals surface area (Å²) in [5, 5.41) is 2.20. The molecule has 18 heavy (non-hydrogen) atoms. The highest BCUT2D eigenvalue weighted by Crippen LogP contribution is 2.28. The second-order valence-electron chi connectivity index (χ2n) is 4.62. The van der Waals surface area contributed by atoms with Gasteiger partial charge in [-0.05, 0) is 18.9 Å². The Morgan fingerprint density at radius 3 is 2.39 bits per heavy atom. The van der Waals surface area contributed by atoms with Crippen molar-refractivity contribution in [2.45, 2.75) is 13.3 Å². The third-order valence-electron chi connectivity index (χ3n) is 3.20. The van der Waals surface area contributed by atoms with E-state index in [0.29, 0.717) is 0 Å². The van der Waals surface area contributed by atoms with Crippen molar-refractivity contribution < 1.29 is 14.4 Å². The highest BCUT2D eigenvalue weighted by atomic mass is 16.2. The summed E-state index contributed by atoms with van der Waals surface area (Å²) in [5.74, 6) is -1.01. The molecule has 5 nitrogen and oxygen atoms in total. The molecule has 0 aliphatic carbocycles. The Labute approximate surface area is 105 Å². The molecule has 0 radical (unpaired) electrons. The van der Waals surface area contributed by atoms with Crippen LogP contribution in [0.2, 0.25) is 0 Å². The van der Waals surface area contributed by atoms with Crippen molar-refractivity contribution in [1.29, 1.82) is 0 Å². The standard InChI is InChI=1S/C13H14N2O3/c1-13(8-9-6-4-3-5-7-9)10(16)14-12(18)15(2)11(13)17/h3-7H,8H2,1-2H3,(H,14,16,18). The molecule has 1 N–H and O–H groups in total. The molecule has 1 saturated heterocycles. The first-order valence-corrected chi connectivity index (χ1v) is 5.62. The van der Waals surface area contributed by atoms with Crippen LogP contribution in [-0.4, -0.2) is 29.8 Å². The number of carbonyl (C=O) groups excluding carboxylic acids is 3. The number of hydrogen-bond donors (Lipinski definition) is 1. The lowest BCUT2D eigenvalue weighted by Crippen LogP contribution is -2.62. The van der Waals surface area contributed by atoms with E-state index >= 15 is 0 Å². The molecule has 1 heterocycles. The number of nitrogens with zero attached hydrogens (tertiary/aromatic N) is 1. The summed E-state index contributed by atoms with van der Waals surface area (Å²) in [7, 11) is 1.37. The van der Waals surface area contributed by atoms with Crippen LogP contribution in [-0.2, 0) is 16.0 Å². The maximum atomic E-state index is 12.1. The van der Waals surface area contributed by atoms with Gasteiger partial charge < -0.3 is 0 Å². The van der Waals surface area contributed by atoms with Gasteiger partial charge in [-0.1, -0.05) is 30.3 Å². The van der Waals surface area contributed by atoms with Crippen LogP contribution in [0.5, 0.6) is 0 Å². The van der Waals surface area contributed by atoms with E-state index < -0.39 is 23.3 Å². The second kappa shape index (κ2) is 4.25. The highest BCUT2D eigenvalue weighted by Gasteiger charge is 2.49. The first-order valence-electron chi connectivity index (χ1n) is 5.62. The van der Waals surface area contributed by atoms with Crippen LogP contribution < -0.4 is 5.32 Å². The number of nitrogens with one attached hydrogen (secondary N) is 1. The maximum absolute atomic E-state index is 12.1. The Balaban J connectivity index is 2.31. The van der Waals surface area contributed by atoms with E-state index in [9.17, 15) is 14.4 Å². The number of amides is 4. The summed E-state index contributed by atoms with van der Waals surface area (Å²) in [6.07, 6.45) is 0.274. The average Bonchev–Trinajstić information content (AvgIpc) is 2.36. The number of barbiturate groups is 1. The quantitative estimate of drug-likeness (QED) is 0.790. The van der Waals surface area contributed by atoms with E-state index in [-0.39, 0.29) is 6.42 Å². The average molecular weight is 246 g/mol. The smallest absolute Gasteiger partial charge is 0.277 e. The number of rotatable bonds is 2. The summed E-state index contributed by atoms with van der Waals surface area (Å²) >= 11 is 0. The Bertz CT molecular complexity index is 512. The normalized spacial score (nSPS) is 24.1. The van der Waals surface area contributed by atoms with Gasteiger partial charge in [0.25, 0.3) is 0 Å². The first-order chi connectivity index (χ1) is 8.45. The Hall–Kier alpha value is -2.17. The Morgan fingerprint density at radius 2 is 1.78 bits per heavy atom. The summed E-state index contributed by atoms with van der Waals surface area (Å²) in [6.45, 7) is 1.56. The van der Waals surface area contributed by atoms with Gasteiger partial charge in [0.15, 0.2) is 0 Å². The molecule has 0 bridgehead atoms. The third-order valence-corrected chi connectivity index (χ3v) is 3.20. The molecular formula is C13H14N2O3. The SMILES string of the molecule is CN1C(=O)NC(=O)C(C)(Cc2ccccc2)C1=O. The molecule has 0 spiro atoms. The molecule has 1 aromatic rings. The molecule has 1 aliphatic rings. The molecule has 0 aromatic heterocycles. The Kier molecular flexibility index (Phi) is 2.90. The van der Waals surface area contributed by atoms with Gasteiger partial charge in [0.05, 0.1) is 0 Å². The van der Waals surface area contributed by atoms with Crippen LogP contribution in [0.1, 0.15) is 12.5 Å². The molecule has 1 aliphatic heterocycles. The van der Waals surface area contributed by atoms with Gasteiger partial charge >= 0.3 is 6.03 Å². The lowest BCUT2D eigenvalue weighted by molar-refractivity contribution is -0.149. The van der Waals surface area contributed by atoms with Crippen LogP contribution in [0.15, 0.2) is 30.3 Å². The van der Waals surface area contributed by atoms with Crippen molar-refractivity contribution in [3.63, 3.8) is 0 Å². The predicted octanol–water partition coefficient (Wildman–Crippen LogP) is 0.944. The topological polar surface area (TPSA) is 66.5 Å². The fourth-order valence-corrected chi connectivity index (χ4v) is 2.04. The fraction of sp³-hybridized carbons (Fsp3) is 0.308. The van der Waals surface area contributed by atoms with Gasteiger partial charge in [0.1, 0.15) is 5.41 Å². The van der Waals surface area contributed by atoms with E-state index in [1.807, 2.05) is 30.3 Å². The van der Waals surface area contributed by atoms with E-state index in [1.54, 1.807) is 6.92 Å². The lowest BCUT2D eigenvalue weighted by Gasteiger charge is -2.35. The molecule has 94 valence electrons. The summed E-state index contributed by atoms with van der Waals surface area (Å²) in [4.78, 5) is 36.3. The monoisotopic (exact) mass is 246 g/mol. The van der Waals surface area contributed by atoms with Crippen LogP contribution in [0.4, 0.5) is 4.79 Å². The van der Waals surface area contributed by atoms with Crippen LogP contribution in [0.3, 0.4) is 0 Å². The molecule has 2 rings (SSSR count). The van der Waals surface area contributed by atoms with Gasteiger partial charge in [0.2, 0.25) is 11.8 Å². The number of imide groups is 2. The zero-order valence-electron chi connectivity index (χ0n) is 10.3. The highest BCUT2D eigenvalue weighted by molar-refractivity contribution is 6.18. The van der Waals surface area contributed by atoms with Crippen LogP contribution in [0.25, 0.3) is 0 Å². The van der Waals surface area contributed by atoms with Gasteiger partial charge in [-0.15, -0.1) is 0 Å². The van der Waals surface area contributed by atoms with Gasteiger partial charge in [0, 0.05) is 7.05 Å². The van der Waals surface area contributed by atoms with E-state index in [0.717, 1.165) is 10.5 Å². The minimum absolute atomic E-state index is 0.274. The van der Waals surface area contributed by atoms with E-state index in [2.05, 4.69) is 5.32 Å². The molecule has 1 atom stereocenters. The van der Waals surface area contributed by atoms with Crippen LogP contribution >= 0.6 is 0 Å². The molecular weight excluding hydrogens is 232 g/mol. The van der Waals surface area contributed by atoms with Crippen molar-refractivity contribution in [3.05, 3.63) is 35.9 Å². The van der Waals surface area contributed by atoms with Crippen molar-refractivity contribution in [3.8, 4) is 0 Å². The lowest BCUT2D eigenvalue weighted by atomic mass is 9.80. The molecule has 5 heteroatoms. The molecule has 1 unspecified atom stereocenters. The predicted molar refractivity (Wildman–Crippen MR) is 64.6 cm³/mol. The Morgan fingerprint density at radius 1 is 1.17 bits per heavy atom. The molecule has 0 saturated carbocycles. The van der Waals surface area contributed by atoms with Gasteiger partial charge in [-0.25, -0.2) is 4.79 Å². The van der Waals surface area contributed by atoms with Crippen molar-refractivity contribution in [2.75, 3.05) is 7.05 Å². The summed E-state index contributed by atoms with van der Waals surface area (Å²) < 4.78 is 0. The maximum Gasteiger partial charge on any atom is 0.330 e. The van der Waals surface area contributed by atoms with Crippen molar-refractivity contribution >= 4 is 17.8 Å². The van der Waals surface area contributed by atoms with Crippen LogP contribution in [0, 0.1) is 5.41 Å². The summed E-state index contributed by atoms with van der Waals surface area (Å²) in [5.41, 5.74) is -0.351. The number of hydrogen-bond acceptors (Lipinski definition) is 3. The minimum Gasteiger partial charge on any atom is -0.277 e. The zero-order chi connectivity index (χ0) is 13.3. The zero-order valence-corrected chi connectivity index (χ0v) is 10.3. The number of carbonyl (C=O) groups is 3. The van der Waals surface area contributed by atoms with E-state index in [4.69, 9.17) is 0 Å². The fourth-order valence-electron chi connectivity index (χ4n) is 2.04. The third kappa shape index (κ3) is 1.88. The second-order valence-corrected chi connectivity index (χ2v) is 4.62. The molecule has 1 aromatic carbocycles. The van der Waals surface area contributed by atoms with Gasteiger partial charge in [-0.2, -0.15) is 0 Å². The minimum atomic E-state index is -1.23. The summed E-state index contributed by atoms with van der Waals surface area (Å²) in [6, 6.07) is 8.59. The van der Waals surface area contributed by atoms with E-state index in [1.165, 1.54) is 7.05 Å². The number of urea groups is 1. The first kappa shape index (κ1) is 12.3. The van der Waals surface area contributed by atoms with Gasteiger partial charge in [-0.3, -0.25) is 19.8 Å². The number of benzene rings is 1. The van der Waals surface area contributed by atoms with Crippen molar-refractivity contribution in [1.82, 2.24) is 10.2 Å². The molecule has 1 fully saturated rings. The molecule has 4 amide bonds. The van der Waals surface area contributed by atoms with Crippen molar-refractivity contribution in [2.24, 2.45) is 5.41 Å².